The molecule has 102 valence electrons. The van der Waals surface area contributed by atoms with E-state index in [1.54, 1.807) is 4.31 Å². The highest BCUT2D eigenvalue weighted by atomic mass is 35.5. The van der Waals surface area contributed by atoms with E-state index in [1.807, 2.05) is 0 Å². The topological polar surface area (TPSA) is 37.4 Å². The van der Waals surface area contributed by atoms with E-state index in [-0.39, 0.29) is 5.75 Å². The van der Waals surface area contributed by atoms with Crippen molar-refractivity contribution in [2.24, 2.45) is 5.41 Å². The van der Waals surface area contributed by atoms with Crippen molar-refractivity contribution in [1.82, 2.24) is 4.31 Å². The molecule has 3 nitrogen and oxygen atoms in total. The van der Waals surface area contributed by atoms with Gasteiger partial charge in [-0.15, -0.1) is 11.6 Å². The first kappa shape index (κ1) is 15.3. The van der Waals surface area contributed by atoms with Crippen molar-refractivity contribution in [3.8, 4) is 0 Å². The summed E-state index contributed by atoms with van der Waals surface area (Å²) in [6.07, 6.45) is 4.85. The maximum absolute atomic E-state index is 12.0. The molecule has 0 aromatic rings. The third-order valence-corrected chi connectivity index (χ3v) is 6.44. The molecule has 0 saturated carbocycles. The van der Waals surface area contributed by atoms with Crippen molar-refractivity contribution in [3.05, 3.63) is 0 Å². The highest BCUT2D eigenvalue weighted by Crippen LogP contribution is 2.38. The smallest absolute Gasteiger partial charge is 0.212 e. The van der Waals surface area contributed by atoms with E-state index in [4.69, 9.17) is 11.6 Å². The average molecular weight is 282 g/mol. The summed E-state index contributed by atoms with van der Waals surface area (Å²) in [6, 6.07) is 0. The second kappa shape index (κ2) is 6.39. The Morgan fingerprint density at radius 2 is 1.71 bits per heavy atom. The van der Waals surface area contributed by atoms with E-state index in [1.165, 1.54) is 0 Å². The number of piperidine rings is 1. The van der Waals surface area contributed by atoms with Crippen LogP contribution in [0.25, 0.3) is 0 Å². The molecule has 0 spiro atoms. The van der Waals surface area contributed by atoms with Gasteiger partial charge in [-0.1, -0.05) is 26.7 Å². The molecular weight excluding hydrogens is 258 g/mol. The van der Waals surface area contributed by atoms with Gasteiger partial charge in [-0.2, -0.15) is 0 Å². The molecule has 0 unspecified atom stereocenters. The third-order valence-electron chi connectivity index (χ3n) is 4.21. The van der Waals surface area contributed by atoms with Gasteiger partial charge in [-0.05, 0) is 24.7 Å². The molecule has 0 aromatic heterocycles. The molecule has 1 aliphatic rings. The Labute approximate surface area is 111 Å². The largest absolute Gasteiger partial charge is 0.214 e. The summed E-state index contributed by atoms with van der Waals surface area (Å²) < 4.78 is 25.7. The van der Waals surface area contributed by atoms with Crippen molar-refractivity contribution in [2.75, 3.05) is 24.7 Å². The Morgan fingerprint density at radius 1 is 1.18 bits per heavy atom. The molecule has 0 aromatic carbocycles. The van der Waals surface area contributed by atoms with Crippen LogP contribution >= 0.6 is 11.6 Å². The zero-order valence-electron chi connectivity index (χ0n) is 10.9. The molecule has 0 bridgehead atoms. The van der Waals surface area contributed by atoms with Crippen molar-refractivity contribution in [3.63, 3.8) is 0 Å². The predicted octanol–water partition coefficient (Wildman–Crippen LogP) is 2.85. The van der Waals surface area contributed by atoms with Crippen molar-refractivity contribution < 1.29 is 8.42 Å². The van der Waals surface area contributed by atoms with E-state index in [0.717, 1.165) is 25.7 Å². The van der Waals surface area contributed by atoms with Crippen molar-refractivity contribution in [1.29, 1.82) is 0 Å². The zero-order valence-corrected chi connectivity index (χ0v) is 12.5. The maximum atomic E-state index is 12.0. The van der Waals surface area contributed by atoms with Gasteiger partial charge in [0, 0.05) is 19.0 Å². The van der Waals surface area contributed by atoms with Crippen LogP contribution in [0.1, 0.15) is 46.0 Å². The molecule has 1 heterocycles. The van der Waals surface area contributed by atoms with Gasteiger partial charge < -0.3 is 0 Å². The Bertz CT molecular complexity index is 315. The lowest BCUT2D eigenvalue weighted by Gasteiger charge is -2.40. The molecule has 1 saturated heterocycles. The molecule has 17 heavy (non-hydrogen) atoms. The molecular formula is C12H24ClNO2S. The van der Waals surface area contributed by atoms with Crippen molar-refractivity contribution >= 4 is 21.6 Å². The molecule has 0 radical (unpaired) electrons. The normalized spacial score (nSPS) is 21.6. The number of nitrogens with zero attached hydrogens (tertiary/aromatic N) is 1. The van der Waals surface area contributed by atoms with Crippen LogP contribution in [0.5, 0.6) is 0 Å². The van der Waals surface area contributed by atoms with Crippen LogP contribution in [-0.2, 0) is 10.0 Å². The van der Waals surface area contributed by atoms with Gasteiger partial charge in [0.2, 0.25) is 10.0 Å². The quantitative estimate of drug-likeness (QED) is 0.702. The second-order valence-electron chi connectivity index (χ2n) is 4.96. The van der Waals surface area contributed by atoms with E-state index >= 15 is 0 Å². The second-order valence-corrected chi connectivity index (χ2v) is 7.43. The molecule has 1 rings (SSSR count). The zero-order chi connectivity index (χ0) is 12.9. The lowest BCUT2D eigenvalue weighted by molar-refractivity contribution is 0.141. The van der Waals surface area contributed by atoms with Gasteiger partial charge in [-0.3, -0.25) is 0 Å². The summed E-state index contributed by atoms with van der Waals surface area (Å²) in [7, 11) is -3.06. The first-order chi connectivity index (χ1) is 7.99. The van der Waals surface area contributed by atoms with Crippen LogP contribution < -0.4 is 0 Å². The van der Waals surface area contributed by atoms with Crippen LogP contribution in [0.2, 0.25) is 0 Å². The van der Waals surface area contributed by atoms with E-state index < -0.39 is 10.0 Å². The summed E-state index contributed by atoms with van der Waals surface area (Å²) >= 11 is 5.55. The fourth-order valence-electron chi connectivity index (χ4n) is 2.56. The van der Waals surface area contributed by atoms with Gasteiger partial charge >= 0.3 is 0 Å². The summed E-state index contributed by atoms with van der Waals surface area (Å²) in [4.78, 5) is 0. The van der Waals surface area contributed by atoms with E-state index in [9.17, 15) is 8.42 Å². The van der Waals surface area contributed by atoms with Crippen LogP contribution in [0, 0.1) is 5.41 Å². The molecule has 5 heteroatoms. The Kier molecular flexibility index (Phi) is 5.74. The SMILES string of the molecule is CCC1(CC)CCN(S(=O)(=O)CCCCl)CC1. The van der Waals surface area contributed by atoms with Crippen LogP contribution in [0.15, 0.2) is 0 Å². The van der Waals surface area contributed by atoms with Crippen LogP contribution in [-0.4, -0.2) is 37.4 Å². The van der Waals surface area contributed by atoms with Gasteiger partial charge in [-0.25, -0.2) is 12.7 Å². The van der Waals surface area contributed by atoms with E-state index in [2.05, 4.69) is 13.8 Å². The summed E-state index contributed by atoms with van der Waals surface area (Å²) in [5.74, 6) is 0.614. The standard InChI is InChI=1S/C12H24ClNO2S/c1-3-12(4-2)6-9-14(10-7-12)17(15,16)11-5-8-13/h3-11H2,1-2H3. The highest BCUT2D eigenvalue weighted by molar-refractivity contribution is 7.89. The first-order valence-corrected chi connectivity index (χ1v) is 8.68. The molecule has 0 N–H and O–H groups in total. The molecule has 0 atom stereocenters. The number of halogens is 1. The maximum Gasteiger partial charge on any atom is 0.214 e. The van der Waals surface area contributed by atoms with Crippen molar-refractivity contribution in [2.45, 2.75) is 46.0 Å². The van der Waals surface area contributed by atoms with E-state index in [0.29, 0.717) is 30.8 Å². The number of alkyl halides is 1. The minimum absolute atomic E-state index is 0.196. The molecule has 1 aliphatic heterocycles. The van der Waals surface area contributed by atoms with Gasteiger partial charge in [0.25, 0.3) is 0 Å². The Balaban J connectivity index is 2.57. The monoisotopic (exact) mass is 281 g/mol. The highest BCUT2D eigenvalue weighted by Gasteiger charge is 2.35. The van der Waals surface area contributed by atoms with Crippen LogP contribution in [0.4, 0.5) is 0 Å². The number of rotatable bonds is 6. The number of sulfonamides is 1. The molecule has 0 aliphatic carbocycles. The van der Waals surface area contributed by atoms with Crippen LogP contribution in [0.3, 0.4) is 0 Å². The Morgan fingerprint density at radius 3 is 2.12 bits per heavy atom. The number of hydrogen-bond acceptors (Lipinski definition) is 2. The Hall–Kier alpha value is 0.200. The lowest BCUT2D eigenvalue weighted by atomic mass is 9.75. The predicted molar refractivity (Wildman–Crippen MR) is 72.9 cm³/mol. The summed E-state index contributed by atoms with van der Waals surface area (Å²) in [5.41, 5.74) is 0.374. The minimum Gasteiger partial charge on any atom is -0.212 e. The average Bonchev–Trinajstić information content (AvgIpc) is 2.36. The third kappa shape index (κ3) is 3.83. The molecule has 1 fully saturated rings. The first-order valence-electron chi connectivity index (χ1n) is 6.53. The summed E-state index contributed by atoms with van der Waals surface area (Å²) in [5, 5.41) is 0. The fraction of sp³-hybridized carbons (Fsp3) is 1.00. The minimum atomic E-state index is -3.06. The summed E-state index contributed by atoms with van der Waals surface area (Å²) in [6.45, 7) is 5.79. The van der Waals surface area contributed by atoms with Gasteiger partial charge in [0.05, 0.1) is 5.75 Å². The van der Waals surface area contributed by atoms with Gasteiger partial charge in [0.15, 0.2) is 0 Å². The number of hydrogen-bond donors (Lipinski definition) is 0. The molecule has 0 amide bonds. The van der Waals surface area contributed by atoms with Gasteiger partial charge in [0.1, 0.15) is 0 Å². The lowest BCUT2D eigenvalue weighted by Crippen LogP contribution is -2.43. The fourth-order valence-corrected chi connectivity index (χ4v) is 4.36.